The highest BCUT2D eigenvalue weighted by molar-refractivity contribution is 7.20. The normalized spacial score (nSPS) is 56.2. The number of hydrogen-bond donors (Lipinski definition) is 0. The summed E-state index contributed by atoms with van der Waals surface area (Å²) < 4.78 is 0. The van der Waals surface area contributed by atoms with E-state index in [1.165, 1.54) is 5.57 Å². The molecule has 0 aliphatic heterocycles. The molecule has 9 unspecified atom stereocenters. The van der Waals surface area contributed by atoms with Crippen LogP contribution >= 0.6 is 11.1 Å². The van der Waals surface area contributed by atoms with Gasteiger partial charge in [0, 0.05) is 27.1 Å². The number of allylic oxidation sites excluding steroid dienone is 12. The zero-order valence-corrected chi connectivity index (χ0v) is 24.1. The van der Waals surface area contributed by atoms with E-state index in [1.807, 2.05) is 0 Å². The summed E-state index contributed by atoms with van der Waals surface area (Å²) in [4.78, 5) is 0. The van der Waals surface area contributed by atoms with Crippen molar-refractivity contribution in [1.82, 2.24) is 0 Å². The van der Waals surface area contributed by atoms with Crippen molar-refractivity contribution >= 4 is 18.5 Å². The van der Waals surface area contributed by atoms with Crippen molar-refractivity contribution in [2.24, 2.45) is 43.8 Å². The molecule has 2 saturated carbocycles. The van der Waals surface area contributed by atoms with E-state index < -0.39 is 7.38 Å². The minimum absolute atomic E-state index is 0.0134. The van der Waals surface area contributed by atoms with Crippen molar-refractivity contribution in [3.8, 4) is 0 Å². The van der Waals surface area contributed by atoms with Crippen LogP contribution in [0.5, 0.6) is 0 Å². The first-order chi connectivity index (χ1) is 15.0. The molecule has 0 radical (unpaired) electrons. The van der Waals surface area contributed by atoms with Crippen LogP contribution < -0.4 is 0 Å². The molecular formula is C31H43ClSi. The van der Waals surface area contributed by atoms with E-state index in [1.54, 1.807) is 0 Å². The maximum absolute atomic E-state index is 7.65. The molecule has 0 amide bonds. The van der Waals surface area contributed by atoms with Crippen LogP contribution in [0.15, 0.2) is 72.4 Å². The predicted molar refractivity (Wildman–Crippen MR) is 147 cm³/mol. The fourth-order valence-electron chi connectivity index (χ4n) is 10.9. The lowest BCUT2D eigenvalue weighted by Gasteiger charge is -2.80. The van der Waals surface area contributed by atoms with Gasteiger partial charge in [0.05, 0.1) is 0 Å². The highest BCUT2D eigenvalue weighted by Crippen LogP contribution is 2.92. The van der Waals surface area contributed by atoms with Gasteiger partial charge in [0.15, 0.2) is 7.38 Å². The third-order valence-corrected chi connectivity index (χ3v) is 16.4. The van der Waals surface area contributed by atoms with Gasteiger partial charge >= 0.3 is 0 Å². The van der Waals surface area contributed by atoms with Crippen molar-refractivity contribution in [1.29, 1.82) is 0 Å². The molecule has 9 atom stereocenters. The number of halogens is 1. The van der Waals surface area contributed by atoms with Crippen LogP contribution in [-0.4, -0.2) is 7.38 Å². The Morgan fingerprint density at radius 1 is 0.697 bits per heavy atom. The Morgan fingerprint density at radius 2 is 1.15 bits per heavy atom. The van der Waals surface area contributed by atoms with Gasteiger partial charge in [-0.3, -0.25) is 0 Å². The summed E-state index contributed by atoms with van der Waals surface area (Å²) in [5.41, 5.74) is 1.77. The van der Waals surface area contributed by atoms with Crippen LogP contribution in [0.4, 0.5) is 0 Å². The number of rotatable bonds is 1. The van der Waals surface area contributed by atoms with E-state index in [-0.39, 0.29) is 37.9 Å². The lowest BCUT2D eigenvalue weighted by molar-refractivity contribution is -0.263. The third kappa shape index (κ3) is 2.00. The van der Waals surface area contributed by atoms with E-state index in [2.05, 4.69) is 135 Å². The summed E-state index contributed by atoms with van der Waals surface area (Å²) in [6.07, 6.45) is 26.8. The molecule has 2 heteroatoms. The van der Waals surface area contributed by atoms with Gasteiger partial charge in [0.1, 0.15) is 0 Å². The predicted octanol–water partition coefficient (Wildman–Crippen LogP) is 9.26. The standard InChI is InChI=1S/C31H43ClSi/c1-22-16-15-17-23-24(33(9,10)32)30(7)27(4)20-13-11-18-25(27,2)26(3)19-12-14-21-28(26,5)31(30,8)29(22,23)6/h11-21,23-24H,1-10H3. The van der Waals surface area contributed by atoms with E-state index in [4.69, 9.17) is 11.1 Å². The van der Waals surface area contributed by atoms with Crippen LogP contribution in [-0.2, 0) is 0 Å². The smallest absolute Gasteiger partial charge is 0.154 e. The minimum atomic E-state index is -2.11. The molecule has 0 spiro atoms. The molecule has 5 aliphatic carbocycles. The van der Waals surface area contributed by atoms with Crippen LogP contribution in [0.1, 0.15) is 55.4 Å². The molecule has 0 nitrogen and oxygen atoms in total. The number of hydrogen-bond acceptors (Lipinski definition) is 0. The molecule has 178 valence electrons. The molecule has 0 saturated heterocycles. The Kier molecular flexibility index (Phi) is 4.44. The molecule has 2 fully saturated rings. The molecule has 0 aromatic carbocycles. The average Bonchev–Trinajstić information content (AvgIpc) is 2.90. The Hall–Kier alpha value is -1.05. The second-order valence-electron chi connectivity index (χ2n) is 13.6. The van der Waals surface area contributed by atoms with Gasteiger partial charge in [-0.15, -0.1) is 0 Å². The van der Waals surface area contributed by atoms with Gasteiger partial charge in [0.25, 0.3) is 0 Å². The molecule has 5 rings (SSSR count). The quantitative estimate of drug-likeness (QED) is 0.260. The summed E-state index contributed by atoms with van der Waals surface area (Å²) in [6.45, 7) is 25.4. The van der Waals surface area contributed by atoms with Crippen molar-refractivity contribution in [2.75, 3.05) is 0 Å². The molecule has 0 heterocycles. The molecule has 5 aliphatic rings. The first-order valence-electron chi connectivity index (χ1n) is 12.8. The van der Waals surface area contributed by atoms with Gasteiger partial charge in [0.2, 0.25) is 0 Å². The third-order valence-electron chi connectivity index (χ3n) is 13.2. The Bertz CT molecular complexity index is 1100. The topological polar surface area (TPSA) is 0 Å². The summed E-state index contributed by atoms with van der Waals surface area (Å²) in [5, 5.41) is 0. The zero-order valence-electron chi connectivity index (χ0n) is 22.4. The summed E-state index contributed by atoms with van der Waals surface area (Å²) in [5.74, 6) is 0.440. The van der Waals surface area contributed by atoms with Gasteiger partial charge in [-0.1, -0.05) is 134 Å². The lowest BCUT2D eigenvalue weighted by atomic mass is 9.23. The van der Waals surface area contributed by atoms with Crippen LogP contribution in [0, 0.1) is 43.8 Å². The largest absolute Gasteiger partial charge is 0.167 e. The summed E-state index contributed by atoms with van der Waals surface area (Å²) in [7, 11) is -2.11. The summed E-state index contributed by atoms with van der Waals surface area (Å²) in [6, 6.07) is 0. The van der Waals surface area contributed by atoms with Crippen molar-refractivity contribution in [2.45, 2.75) is 74.0 Å². The van der Waals surface area contributed by atoms with Gasteiger partial charge in [-0.2, -0.15) is 11.1 Å². The first kappa shape index (κ1) is 23.7. The van der Waals surface area contributed by atoms with Crippen LogP contribution in [0.25, 0.3) is 0 Å². The van der Waals surface area contributed by atoms with Crippen molar-refractivity contribution in [3.63, 3.8) is 0 Å². The monoisotopic (exact) mass is 478 g/mol. The minimum Gasteiger partial charge on any atom is -0.167 e. The highest BCUT2D eigenvalue weighted by Gasteiger charge is 2.87. The zero-order chi connectivity index (χ0) is 24.5. The highest BCUT2D eigenvalue weighted by atomic mass is 35.6. The maximum atomic E-state index is 7.65. The van der Waals surface area contributed by atoms with E-state index in [0.717, 1.165) is 0 Å². The van der Waals surface area contributed by atoms with Crippen LogP contribution in [0.3, 0.4) is 0 Å². The van der Waals surface area contributed by atoms with E-state index >= 15 is 0 Å². The SMILES string of the molecule is CC1=CC=CC2C([Si](C)(C)Cl)C3(C)C4(C)C=CC=CC4(C)C4(C)C=CC=CC4(C)C3(C)C12C. The Morgan fingerprint density at radius 3 is 1.67 bits per heavy atom. The Balaban J connectivity index is 2.02. The average molecular weight is 479 g/mol. The van der Waals surface area contributed by atoms with Crippen molar-refractivity contribution in [3.05, 3.63) is 72.4 Å². The molecule has 0 N–H and O–H groups in total. The fraction of sp³-hybridized carbons (Fsp3) is 0.613. The van der Waals surface area contributed by atoms with E-state index in [0.29, 0.717) is 11.5 Å². The van der Waals surface area contributed by atoms with E-state index in [9.17, 15) is 0 Å². The molecule has 0 aromatic heterocycles. The molecule has 0 bridgehead atoms. The molecular weight excluding hydrogens is 436 g/mol. The lowest BCUT2D eigenvalue weighted by Crippen LogP contribution is -2.75. The maximum Gasteiger partial charge on any atom is 0.154 e. The van der Waals surface area contributed by atoms with Gasteiger partial charge in [-0.25, -0.2) is 0 Å². The molecule has 33 heavy (non-hydrogen) atoms. The second-order valence-corrected chi connectivity index (χ2v) is 20.3. The Labute approximate surface area is 208 Å². The van der Waals surface area contributed by atoms with Gasteiger partial charge < -0.3 is 0 Å². The van der Waals surface area contributed by atoms with Crippen molar-refractivity contribution < 1.29 is 0 Å². The van der Waals surface area contributed by atoms with Gasteiger partial charge in [-0.05, 0) is 29.2 Å². The fourth-order valence-corrected chi connectivity index (χ4v) is 15.2. The first-order valence-corrected chi connectivity index (χ1v) is 16.9. The second kappa shape index (κ2) is 6.19. The summed E-state index contributed by atoms with van der Waals surface area (Å²) >= 11 is 7.65. The molecule has 0 aromatic rings. The number of fused-ring (bicyclic) bond motifs is 8. The van der Waals surface area contributed by atoms with Crippen LogP contribution in [0.2, 0.25) is 18.6 Å².